The first kappa shape index (κ1) is 59.1. The molecule has 0 spiro atoms. The smallest absolute Gasteiger partial charge is 0.220 e. The molecule has 378 valence electrons. The maximum absolute atomic E-state index is 13.0. The first-order chi connectivity index (χ1) is 31.6. The van der Waals surface area contributed by atoms with E-state index in [2.05, 4.69) is 55.6 Å². The zero-order valence-electron chi connectivity index (χ0n) is 40.0. The van der Waals surface area contributed by atoms with Crippen molar-refractivity contribution < 1.29 is 64.6 Å². The summed E-state index contributed by atoms with van der Waals surface area (Å²) in [4.78, 5) is 13.0. The summed E-state index contributed by atoms with van der Waals surface area (Å²) in [5.41, 5.74) is 0. The Morgan fingerprint density at radius 3 is 1.58 bits per heavy atom. The Bertz CT molecular complexity index is 1280. The Morgan fingerprint density at radius 1 is 0.554 bits per heavy atom. The third-order valence-corrected chi connectivity index (χ3v) is 12.3. The summed E-state index contributed by atoms with van der Waals surface area (Å²) < 4.78 is 22.5. The van der Waals surface area contributed by atoms with Crippen LogP contribution in [0.5, 0.6) is 0 Å². The number of rotatable bonds is 38. The van der Waals surface area contributed by atoms with Crippen molar-refractivity contribution in [1.82, 2.24) is 5.32 Å². The van der Waals surface area contributed by atoms with Crippen LogP contribution in [0.4, 0.5) is 0 Å². The number of amides is 1. The second-order valence-corrected chi connectivity index (χ2v) is 17.9. The average molecular weight is 926 g/mol. The van der Waals surface area contributed by atoms with E-state index in [1.54, 1.807) is 6.08 Å². The van der Waals surface area contributed by atoms with Crippen LogP contribution in [0, 0.1) is 0 Å². The van der Waals surface area contributed by atoms with Crippen molar-refractivity contribution in [3.63, 3.8) is 0 Å². The van der Waals surface area contributed by atoms with E-state index in [1.165, 1.54) is 96.3 Å². The first-order valence-electron chi connectivity index (χ1n) is 25.4. The Hall–Kier alpha value is -2.05. The number of aliphatic hydroxyl groups excluding tert-OH is 8. The van der Waals surface area contributed by atoms with E-state index in [0.29, 0.717) is 6.42 Å². The molecule has 65 heavy (non-hydrogen) atoms. The minimum atomic E-state index is -1.79. The predicted octanol–water partition coefficient (Wildman–Crippen LogP) is 6.49. The maximum Gasteiger partial charge on any atom is 0.220 e. The second-order valence-electron chi connectivity index (χ2n) is 17.9. The highest BCUT2D eigenvalue weighted by atomic mass is 16.7. The molecule has 0 bridgehead atoms. The molecular weight excluding hydrogens is 835 g/mol. The van der Waals surface area contributed by atoms with Gasteiger partial charge in [-0.1, -0.05) is 165 Å². The highest BCUT2D eigenvalue weighted by molar-refractivity contribution is 5.76. The molecule has 12 atom stereocenters. The number of hydrogen-bond donors (Lipinski definition) is 9. The largest absolute Gasteiger partial charge is 0.394 e. The van der Waals surface area contributed by atoms with Crippen molar-refractivity contribution in [2.24, 2.45) is 0 Å². The number of nitrogens with one attached hydrogen (secondary N) is 1. The van der Waals surface area contributed by atoms with Crippen LogP contribution in [0.25, 0.3) is 0 Å². The molecule has 2 rings (SSSR count). The summed E-state index contributed by atoms with van der Waals surface area (Å²) in [7, 11) is 0. The van der Waals surface area contributed by atoms with E-state index in [-0.39, 0.29) is 18.9 Å². The van der Waals surface area contributed by atoms with Gasteiger partial charge in [0.25, 0.3) is 0 Å². The second kappa shape index (κ2) is 37.9. The first-order valence-corrected chi connectivity index (χ1v) is 25.4. The number of carbonyl (C=O) groups is 1. The topological polar surface area (TPSA) is 228 Å². The molecule has 2 heterocycles. The SMILES string of the molecule is CCCC/C=C/C(O)C(COC1OC(CO)C(OC2OC(CO)C(O)C(O)C2O)C(O)C1O)NC(=O)CCCCCCCCCCCCCC/C=C\C/C=C\C/C=C\CCCCCCC. The van der Waals surface area contributed by atoms with Gasteiger partial charge >= 0.3 is 0 Å². The lowest BCUT2D eigenvalue weighted by Crippen LogP contribution is -2.65. The molecule has 0 aromatic rings. The number of allylic oxidation sites excluding steroid dienone is 7. The van der Waals surface area contributed by atoms with Crippen LogP contribution >= 0.6 is 0 Å². The van der Waals surface area contributed by atoms with Crippen molar-refractivity contribution in [1.29, 1.82) is 0 Å². The van der Waals surface area contributed by atoms with E-state index in [4.69, 9.17) is 18.9 Å². The highest BCUT2D eigenvalue weighted by Gasteiger charge is 2.51. The normalized spacial score (nSPS) is 27.4. The fraction of sp³-hybridized carbons (Fsp3) is 0.824. The van der Waals surface area contributed by atoms with Crippen molar-refractivity contribution in [2.45, 2.75) is 248 Å². The van der Waals surface area contributed by atoms with Crippen LogP contribution in [0.2, 0.25) is 0 Å². The van der Waals surface area contributed by atoms with E-state index < -0.39 is 86.8 Å². The van der Waals surface area contributed by atoms with Gasteiger partial charge in [-0.2, -0.15) is 0 Å². The molecule has 2 saturated heterocycles. The summed E-state index contributed by atoms with van der Waals surface area (Å²) in [6, 6.07) is -0.911. The summed E-state index contributed by atoms with van der Waals surface area (Å²) in [6.07, 6.45) is 28.2. The molecule has 2 fully saturated rings. The monoisotopic (exact) mass is 926 g/mol. The number of unbranched alkanes of at least 4 members (excludes halogenated alkanes) is 19. The number of ether oxygens (including phenoxy) is 4. The van der Waals surface area contributed by atoms with E-state index >= 15 is 0 Å². The zero-order chi connectivity index (χ0) is 47.5. The highest BCUT2D eigenvalue weighted by Crippen LogP contribution is 2.30. The fourth-order valence-corrected chi connectivity index (χ4v) is 8.05. The van der Waals surface area contributed by atoms with Crippen molar-refractivity contribution in [2.75, 3.05) is 19.8 Å². The van der Waals surface area contributed by atoms with Gasteiger partial charge < -0.3 is 65.1 Å². The average Bonchev–Trinajstić information content (AvgIpc) is 3.30. The third kappa shape index (κ3) is 25.2. The molecule has 14 heteroatoms. The molecule has 0 aliphatic carbocycles. The van der Waals surface area contributed by atoms with Gasteiger partial charge in [0.15, 0.2) is 12.6 Å². The number of aliphatic hydroxyl groups is 8. The standard InChI is InChI=1S/C51H91NO13/c1-3-5-7-9-10-11-12-13-14-15-16-17-18-19-20-21-22-23-24-25-26-27-28-29-30-31-33-35-43(56)52-39(40(55)34-32-8-6-4-2)38-62-50-48(61)46(59)49(42(37-54)64-50)65-51-47(60)45(58)44(57)41(36-53)63-51/h12-13,15-16,18-19,32,34,39-42,44-51,53-55,57-61H,3-11,14,17,20-31,33,35-38H2,1-2H3,(H,52,56)/b13-12-,16-15-,19-18-,34-32+. The maximum atomic E-state index is 13.0. The Kier molecular flexibility index (Phi) is 34.4. The Morgan fingerprint density at radius 2 is 1.03 bits per heavy atom. The Balaban J connectivity index is 1.62. The summed E-state index contributed by atoms with van der Waals surface area (Å²) >= 11 is 0. The van der Waals surface area contributed by atoms with E-state index in [1.807, 2.05) is 6.08 Å². The summed E-state index contributed by atoms with van der Waals surface area (Å²) in [5, 5.41) is 86.0. The molecule has 0 aromatic heterocycles. The lowest BCUT2D eigenvalue weighted by molar-refractivity contribution is -0.359. The van der Waals surface area contributed by atoms with Crippen LogP contribution in [-0.2, 0) is 23.7 Å². The van der Waals surface area contributed by atoms with Crippen LogP contribution in [0.1, 0.15) is 174 Å². The molecule has 2 aliphatic heterocycles. The molecule has 0 aromatic carbocycles. The summed E-state index contributed by atoms with van der Waals surface area (Å²) in [5.74, 6) is -0.253. The van der Waals surface area contributed by atoms with Crippen molar-refractivity contribution in [3.8, 4) is 0 Å². The van der Waals surface area contributed by atoms with Crippen LogP contribution in [-0.4, -0.2) is 140 Å². The fourth-order valence-electron chi connectivity index (χ4n) is 8.05. The number of hydrogen-bond acceptors (Lipinski definition) is 13. The van der Waals surface area contributed by atoms with Gasteiger partial charge in [-0.15, -0.1) is 0 Å². The molecule has 0 radical (unpaired) electrons. The van der Waals surface area contributed by atoms with Gasteiger partial charge in [-0.3, -0.25) is 4.79 Å². The molecule has 1 amide bonds. The van der Waals surface area contributed by atoms with Crippen LogP contribution in [0.15, 0.2) is 48.6 Å². The lowest BCUT2D eigenvalue weighted by atomic mass is 9.97. The molecule has 0 saturated carbocycles. The van der Waals surface area contributed by atoms with Crippen LogP contribution < -0.4 is 5.32 Å². The molecular formula is C51H91NO13. The van der Waals surface area contributed by atoms with Crippen molar-refractivity contribution >= 4 is 5.91 Å². The third-order valence-electron chi connectivity index (χ3n) is 12.3. The van der Waals surface area contributed by atoms with Gasteiger partial charge in [0.05, 0.1) is 32.0 Å². The summed E-state index contributed by atoms with van der Waals surface area (Å²) in [6.45, 7) is 2.59. The lowest BCUT2D eigenvalue weighted by Gasteiger charge is -2.46. The molecule has 12 unspecified atom stereocenters. The van der Waals surface area contributed by atoms with Gasteiger partial charge in [0.2, 0.25) is 5.91 Å². The van der Waals surface area contributed by atoms with E-state index in [0.717, 1.165) is 51.4 Å². The molecule has 9 N–H and O–H groups in total. The van der Waals surface area contributed by atoms with Gasteiger partial charge in [0.1, 0.15) is 48.8 Å². The van der Waals surface area contributed by atoms with Gasteiger partial charge in [0, 0.05) is 6.42 Å². The van der Waals surface area contributed by atoms with Crippen LogP contribution in [0.3, 0.4) is 0 Å². The molecule has 2 aliphatic rings. The minimum Gasteiger partial charge on any atom is -0.394 e. The predicted molar refractivity (Wildman–Crippen MR) is 254 cm³/mol. The minimum absolute atomic E-state index is 0.253. The quantitative estimate of drug-likeness (QED) is 0.0239. The Labute approximate surface area is 391 Å². The molecule has 14 nitrogen and oxygen atoms in total. The zero-order valence-corrected chi connectivity index (χ0v) is 40.0. The van der Waals surface area contributed by atoms with Crippen molar-refractivity contribution in [3.05, 3.63) is 48.6 Å². The van der Waals surface area contributed by atoms with E-state index in [9.17, 15) is 45.6 Å². The van der Waals surface area contributed by atoms with Gasteiger partial charge in [-0.25, -0.2) is 0 Å². The van der Waals surface area contributed by atoms with Gasteiger partial charge in [-0.05, 0) is 51.4 Å². The number of carbonyl (C=O) groups excluding carboxylic acids is 1.